The normalized spacial score (nSPS) is 10.4. The van der Waals surface area contributed by atoms with Crippen molar-refractivity contribution in [2.75, 3.05) is 0 Å². The summed E-state index contributed by atoms with van der Waals surface area (Å²) in [5.74, 6) is -0.217. The van der Waals surface area contributed by atoms with Gasteiger partial charge in [0, 0.05) is 11.1 Å². The molecule has 2 nitrogen and oxygen atoms in total. The molecule has 0 heterocycles. The zero-order valence-electron chi connectivity index (χ0n) is 12.6. The minimum absolute atomic E-state index is 0.0670. The third kappa shape index (κ3) is 3.66. The second kappa shape index (κ2) is 6.98. The lowest BCUT2D eigenvalue weighted by atomic mass is 9.94. The Labute approximate surface area is 125 Å². The molecule has 0 spiro atoms. The Hall–Kier alpha value is -2.22. The number of hydrogen-bond acceptors (Lipinski definition) is 2. The minimum Gasteiger partial charge on any atom is -0.294 e. The van der Waals surface area contributed by atoms with Gasteiger partial charge in [0.2, 0.25) is 0 Å². The van der Waals surface area contributed by atoms with Crippen LogP contribution in [-0.2, 0) is 12.8 Å². The summed E-state index contributed by atoms with van der Waals surface area (Å²) in [6.45, 7) is 4.12. The maximum absolute atomic E-state index is 12.4. The molecule has 0 saturated heterocycles. The highest BCUT2D eigenvalue weighted by atomic mass is 16.1. The van der Waals surface area contributed by atoms with Crippen LogP contribution >= 0.6 is 0 Å². The van der Waals surface area contributed by atoms with Crippen molar-refractivity contribution in [2.24, 2.45) is 0 Å². The Bertz CT molecular complexity index is 642. The van der Waals surface area contributed by atoms with E-state index in [2.05, 4.69) is 13.0 Å². The molecule has 2 rings (SSSR count). The Morgan fingerprint density at radius 1 is 0.857 bits per heavy atom. The van der Waals surface area contributed by atoms with Gasteiger partial charge in [-0.05, 0) is 24.0 Å². The van der Waals surface area contributed by atoms with Crippen LogP contribution in [0, 0.1) is 0 Å². The van der Waals surface area contributed by atoms with Gasteiger partial charge in [0.25, 0.3) is 0 Å². The average Bonchev–Trinajstić information content (AvgIpc) is 2.54. The lowest BCUT2D eigenvalue weighted by Gasteiger charge is -2.09. The van der Waals surface area contributed by atoms with Crippen LogP contribution in [0.15, 0.2) is 48.5 Å². The molecule has 0 N–H and O–H groups in total. The minimum atomic E-state index is -0.123. The first-order chi connectivity index (χ1) is 10.2. The number of carbonyl (C=O) groups is 2. The Morgan fingerprint density at radius 2 is 1.57 bits per heavy atom. The van der Waals surface area contributed by atoms with Crippen LogP contribution in [0.1, 0.15) is 52.1 Å². The highest BCUT2D eigenvalue weighted by Gasteiger charge is 2.16. The molecule has 21 heavy (non-hydrogen) atoms. The second-order valence-electron chi connectivity index (χ2n) is 5.09. The second-order valence-corrected chi connectivity index (χ2v) is 5.09. The third-order valence-corrected chi connectivity index (χ3v) is 3.68. The smallest absolute Gasteiger partial charge is 0.170 e. The summed E-state index contributed by atoms with van der Waals surface area (Å²) in [4.78, 5) is 24.5. The average molecular weight is 280 g/mol. The van der Waals surface area contributed by atoms with Crippen molar-refractivity contribution in [3.8, 4) is 0 Å². The molecule has 0 amide bonds. The highest BCUT2D eigenvalue weighted by molar-refractivity contribution is 6.14. The zero-order chi connectivity index (χ0) is 15.2. The predicted molar refractivity (Wildman–Crippen MR) is 84.9 cm³/mol. The van der Waals surface area contributed by atoms with Gasteiger partial charge in [0.15, 0.2) is 11.6 Å². The maximum Gasteiger partial charge on any atom is 0.170 e. The van der Waals surface area contributed by atoms with Crippen molar-refractivity contribution in [1.29, 1.82) is 0 Å². The number of ketones is 2. The van der Waals surface area contributed by atoms with Crippen molar-refractivity contribution in [3.05, 3.63) is 70.8 Å². The Morgan fingerprint density at radius 3 is 2.19 bits per heavy atom. The van der Waals surface area contributed by atoms with Crippen LogP contribution in [0.4, 0.5) is 0 Å². The fraction of sp³-hybridized carbons (Fsp3) is 0.263. The quantitative estimate of drug-likeness (QED) is 0.585. The SMILES string of the molecule is CCc1ccc(C(=O)CC(=O)c2ccccc2)c(CC)c1. The zero-order valence-corrected chi connectivity index (χ0v) is 12.6. The monoisotopic (exact) mass is 280 g/mol. The number of hydrogen-bond donors (Lipinski definition) is 0. The van der Waals surface area contributed by atoms with Gasteiger partial charge in [-0.3, -0.25) is 9.59 Å². The van der Waals surface area contributed by atoms with Crippen LogP contribution < -0.4 is 0 Å². The largest absolute Gasteiger partial charge is 0.294 e. The molecule has 0 fully saturated rings. The highest BCUT2D eigenvalue weighted by Crippen LogP contribution is 2.17. The van der Waals surface area contributed by atoms with Gasteiger partial charge < -0.3 is 0 Å². The molecule has 0 bridgehead atoms. The summed E-state index contributed by atoms with van der Waals surface area (Å²) in [6.07, 6.45) is 1.68. The van der Waals surface area contributed by atoms with Gasteiger partial charge in [-0.15, -0.1) is 0 Å². The molecule has 108 valence electrons. The lowest BCUT2D eigenvalue weighted by molar-refractivity contribution is 0.0894. The number of carbonyl (C=O) groups excluding carboxylic acids is 2. The fourth-order valence-corrected chi connectivity index (χ4v) is 2.40. The summed E-state index contributed by atoms with van der Waals surface area (Å²) >= 11 is 0. The van der Waals surface area contributed by atoms with Crippen LogP contribution in [0.2, 0.25) is 0 Å². The molecular weight excluding hydrogens is 260 g/mol. The van der Waals surface area contributed by atoms with Crippen LogP contribution in [-0.4, -0.2) is 11.6 Å². The molecule has 0 aromatic heterocycles. The fourth-order valence-electron chi connectivity index (χ4n) is 2.40. The third-order valence-electron chi connectivity index (χ3n) is 3.68. The first-order valence-corrected chi connectivity index (χ1v) is 7.39. The van der Waals surface area contributed by atoms with Crippen molar-refractivity contribution >= 4 is 11.6 Å². The molecule has 0 radical (unpaired) electrons. The number of benzene rings is 2. The first kappa shape index (κ1) is 15.2. The molecule has 0 saturated carbocycles. The summed E-state index contributed by atoms with van der Waals surface area (Å²) in [7, 11) is 0. The molecule has 0 aliphatic heterocycles. The van der Waals surface area contributed by atoms with Crippen molar-refractivity contribution in [2.45, 2.75) is 33.1 Å². The van der Waals surface area contributed by atoms with E-state index >= 15 is 0 Å². The van der Waals surface area contributed by atoms with E-state index in [1.54, 1.807) is 12.1 Å². The lowest BCUT2D eigenvalue weighted by Crippen LogP contribution is -2.11. The van der Waals surface area contributed by atoms with E-state index in [-0.39, 0.29) is 18.0 Å². The van der Waals surface area contributed by atoms with Gasteiger partial charge in [-0.1, -0.05) is 62.4 Å². The van der Waals surface area contributed by atoms with Crippen molar-refractivity contribution in [3.63, 3.8) is 0 Å². The molecule has 0 aliphatic rings. The van der Waals surface area contributed by atoms with Crippen LogP contribution in [0.25, 0.3) is 0 Å². The Balaban J connectivity index is 2.19. The van der Waals surface area contributed by atoms with E-state index < -0.39 is 0 Å². The molecule has 0 aliphatic carbocycles. The number of aryl methyl sites for hydroxylation is 2. The summed E-state index contributed by atoms with van der Waals surface area (Å²) in [5.41, 5.74) is 3.52. The molecule has 2 heteroatoms. The van der Waals surface area contributed by atoms with Crippen molar-refractivity contribution < 1.29 is 9.59 Å². The van der Waals surface area contributed by atoms with Crippen LogP contribution in [0.5, 0.6) is 0 Å². The molecule has 2 aromatic carbocycles. The topological polar surface area (TPSA) is 34.1 Å². The van der Waals surface area contributed by atoms with Gasteiger partial charge in [-0.25, -0.2) is 0 Å². The van der Waals surface area contributed by atoms with E-state index in [1.165, 1.54) is 5.56 Å². The summed E-state index contributed by atoms with van der Waals surface area (Å²) in [6, 6.07) is 14.9. The molecule has 0 atom stereocenters. The first-order valence-electron chi connectivity index (χ1n) is 7.39. The predicted octanol–water partition coefficient (Wildman–Crippen LogP) is 4.27. The summed E-state index contributed by atoms with van der Waals surface area (Å²) in [5, 5.41) is 0. The van der Waals surface area contributed by atoms with E-state index in [0.29, 0.717) is 11.1 Å². The molecule has 2 aromatic rings. The van der Waals surface area contributed by atoms with Gasteiger partial charge >= 0.3 is 0 Å². The molecule has 0 unspecified atom stereocenters. The van der Waals surface area contributed by atoms with Gasteiger partial charge in [0.05, 0.1) is 6.42 Å². The number of rotatable bonds is 6. The molecular formula is C19H20O2. The Kier molecular flexibility index (Phi) is 5.04. The maximum atomic E-state index is 12.4. The summed E-state index contributed by atoms with van der Waals surface area (Å²) < 4.78 is 0. The van der Waals surface area contributed by atoms with E-state index in [9.17, 15) is 9.59 Å². The van der Waals surface area contributed by atoms with E-state index in [4.69, 9.17) is 0 Å². The van der Waals surface area contributed by atoms with Gasteiger partial charge in [-0.2, -0.15) is 0 Å². The van der Waals surface area contributed by atoms with E-state index in [1.807, 2.05) is 37.3 Å². The standard InChI is InChI=1S/C19H20O2/c1-3-14-10-11-17(15(4-2)12-14)19(21)13-18(20)16-8-6-5-7-9-16/h5-12H,3-4,13H2,1-2H3. The van der Waals surface area contributed by atoms with Crippen molar-refractivity contribution in [1.82, 2.24) is 0 Å². The van der Waals surface area contributed by atoms with Gasteiger partial charge in [0.1, 0.15) is 0 Å². The van der Waals surface area contributed by atoms with Crippen LogP contribution in [0.3, 0.4) is 0 Å². The van der Waals surface area contributed by atoms with E-state index in [0.717, 1.165) is 18.4 Å². The number of Topliss-reactive ketones (excluding diaryl/α,β-unsaturated/α-hetero) is 2.